The van der Waals surface area contributed by atoms with Gasteiger partial charge in [0.25, 0.3) is 0 Å². The Hall–Kier alpha value is -3.93. The third-order valence-corrected chi connectivity index (χ3v) is 11.8. The van der Waals surface area contributed by atoms with Crippen LogP contribution in [-0.4, -0.2) is 37.2 Å². The second-order valence-electron chi connectivity index (χ2n) is 18.4. The number of esters is 3. The number of unbranched alkanes of at least 4 members (excludes halogenated alkanes) is 21. The molecule has 0 fully saturated rings. The van der Waals surface area contributed by atoms with Crippen LogP contribution in [0.3, 0.4) is 0 Å². The Balaban J connectivity index is 4.51. The Morgan fingerprint density at radius 1 is 0.304 bits per heavy atom. The summed E-state index contributed by atoms with van der Waals surface area (Å²) in [6.07, 6.45) is 76.5. The van der Waals surface area contributed by atoms with Crippen molar-refractivity contribution in [3.63, 3.8) is 0 Å². The summed E-state index contributed by atoms with van der Waals surface area (Å²) in [5, 5.41) is 0. The minimum atomic E-state index is -0.812. The first-order valence-corrected chi connectivity index (χ1v) is 28.4. The average molecular weight is 958 g/mol. The van der Waals surface area contributed by atoms with Gasteiger partial charge in [-0.1, -0.05) is 246 Å². The van der Waals surface area contributed by atoms with Gasteiger partial charge < -0.3 is 14.2 Å². The number of rotatable bonds is 50. The van der Waals surface area contributed by atoms with Crippen LogP contribution in [0.1, 0.15) is 252 Å². The molecule has 0 amide bonds. The van der Waals surface area contributed by atoms with Gasteiger partial charge in [0.1, 0.15) is 13.2 Å². The van der Waals surface area contributed by atoms with E-state index in [1.54, 1.807) is 0 Å². The van der Waals surface area contributed by atoms with Crippen LogP contribution in [0.4, 0.5) is 0 Å². The number of hydrogen-bond acceptors (Lipinski definition) is 6. The lowest BCUT2D eigenvalue weighted by atomic mass is 10.0. The lowest BCUT2D eigenvalue weighted by Gasteiger charge is -2.18. The van der Waals surface area contributed by atoms with E-state index < -0.39 is 6.10 Å². The average Bonchev–Trinajstić information content (AvgIpc) is 3.35. The van der Waals surface area contributed by atoms with E-state index in [9.17, 15) is 14.4 Å². The molecule has 0 aliphatic heterocycles. The summed E-state index contributed by atoms with van der Waals surface area (Å²) in [7, 11) is 0. The summed E-state index contributed by atoms with van der Waals surface area (Å²) in [6, 6.07) is 0. The summed E-state index contributed by atoms with van der Waals surface area (Å²) in [5.41, 5.74) is 0. The van der Waals surface area contributed by atoms with Gasteiger partial charge in [-0.15, -0.1) is 0 Å². The first kappa shape index (κ1) is 65.1. The maximum atomic E-state index is 12.9. The summed E-state index contributed by atoms with van der Waals surface area (Å²) in [6.45, 7) is 6.35. The number of carbonyl (C=O) groups is 3. The molecule has 0 saturated carbocycles. The van der Waals surface area contributed by atoms with Crippen molar-refractivity contribution in [2.75, 3.05) is 13.2 Å². The van der Waals surface area contributed by atoms with Crippen molar-refractivity contribution in [2.45, 2.75) is 258 Å². The molecule has 0 spiro atoms. The van der Waals surface area contributed by atoms with Gasteiger partial charge in [-0.25, -0.2) is 0 Å². The van der Waals surface area contributed by atoms with Gasteiger partial charge in [0.15, 0.2) is 6.10 Å². The summed E-state index contributed by atoms with van der Waals surface area (Å²) >= 11 is 0. The lowest BCUT2D eigenvalue weighted by molar-refractivity contribution is -0.167. The highest BCUT2D eigenvalue weighted by Gasteiger charge is 2.19. The van der Waals surface area contributed by atoms with Crippen LogP contribution in [-0.2, 0) is 28.6 Å². The Morgan fingerprint density at radius 3 is 0.942 bits per heavy atom. The van der Waals surface area contributed by atoms with E-state index >= 15 is 0 Å². The smallest absolute Gasteiger partial charge is 0.306 e. The van der Waals surface area contributed by atoms with E-state index in [2.05, 4.69) is 130 Å². The van der Waals surface area contributed by atoms with Crippen LogP contribution in [0.5, 0.6) is 0 Å². The molecule has 6 heteroatoms. The lowest BCUT2D eigenvalue weighted by Crippen LogP contribution is -2.30. The molecule has 0 rings (SSSR count). The zero-order valence-corrected chi connectivity index (χ0v) is 44.8. The van der Waals surface area contributed by atoms with Gasteiger partial charge in [-0.2, -0.15) is 0 Å². The summed E-state index contributed by atoms with van der Waals surface area (Å²) < 4.78 is 16.8. The van der Waals surface area contributed by atoms with E-state index in [0.717, 1.165) is 116 Å². The second-order valence-corrected chi connectivity index (χ2v) is 18.4. The fourth-order valence-electron chi connectivity index (χ4n) is 7.59. The Kier molecular flexibility index (Phi) is 53.4. The number of carbonyl (C=O) groups excluding carboxylic acids is 3. The third-order valence-electron chi connectivity index (χ3n) is 11.8. The maximum absolute atomic E-state index is 12.9. The molecular weight excluding hydrogens is 853 g/mol. The predicted octanol–water partition coefficient (Wildman–Crippen LogP) is 19.1. The Labute approximate surface area is 425 Å². The Morgan fingerprint density at radius 2 is 0.580 bits per heavy atom. The normalized spacial score (nSPS) is 12.9. The molecule has 0 aromatic carbocycles. The molecule has 0 N–H and O–H groups in total. The first-order chi connectivity index (χ1) is 34.0. The zero-order chi connectivity index (χ0) is 50.0. The highest BCUT2D eigenvalue weighted by Crippen LogP contribution is 2.15. The standard InChI is InChI=1S/C63H104O6/c1-4-7-10-13-16-19-22-25-28-31-34-37-40-43-46-49-52-55-61(64)67-58-60(69-63(66)57-54-51-48-45-42-39-36-33-30-27-24-21-18-15-12-9-6-3)59-68-62(65)56-53-50-47-44-41-38-35-32-29-26-23-20-17-14-11-8-5-2/h7-8,10-11,16-17,19-20,25-26,28-29,34-35,37-38,43,46,60H,4-6,9,12-15,18,21-24,27,30-33,36,39-42,44-45,47-59H2,1-3H3/b10-7-,11-8-,19-16-,20-17-,28-25-,29-26-,37-34-,38-35-,46-43-/t60-/m1/s1. The highest BCUT2D eigenvalue weighted by molar-refractivity contribution is 5.71. The SMILES string of the molecule is CC/C=C\C/C=C\C/C=C\C/C=C\C/C=C\CCCC(=O)OC[C@H](COC(=O)CCCCCC/C=C\C/C=C\C/C=C\C/C=C\CC)OC(=O)CCCCCCCCCCCCCCCCCCC. The minimum absolute atomic E-state index is 0.108. The van der Waals surface area contributed by atoms with E-state index in [4.69, 9.17) is 14.2 Å². The zero-order valence-electron chi connectivity index (χ0n) is 44.8. The number of ether oxygens (including phenoxy) is 3. The van der Waals surface area contributed by atoms with Gasteiger partial charge in [0.2, 0.25) is 0 Å². The maximum Gasteiger partial charge on any atom is 0.306 e. The molecule has 0 aromatic heterocycles. The van der Waals surface area contributed by atoms with Crippen LogP contribution in [0, 0.1) is 0 Å². The van der Waals surface area contributed by atoms with Crippen molar-refractivity contribution in [1.82, 2.24) is 0 Å². The summed E-state index contributed by atoms with van der Waals surface area (Å²) in [5.74, 6) is -0.987. The fourth-order valence-corrected chi connectivity index (χ4v) is 7.59. The number of allylic oxidation sites excluding steroid dienone is 18. The second kappa shape index (κ2) is 56.7. The monoisotopic (exact) mass is 957 g/mol. The third kappa shape index (κ3) is 54.9. The molecule has 69 heavy (non-hydrogen) atoms. The van der Waals surface area contributed by atoms with Crippen LogP contribution < -0.4 is 0 Å². The van der Waals surface area contributed by atoms with Gasteiger partial charge in [0.05, 0.1) is 0 Å². The number of hydrogen-bond donors (Lipinski definition) is 0. The quantitative estimate of drug-likeness (QED) is 0.0262. The molecule has 0 aromatic rings. The molecule has 6 nitrogen and oxygen atoms in total. The topological polar surface area (TPSA) is 78.9 Å². The highest BCUT2D eigenvalue weighted by atomic mass is 16.6. The van der Waals surface area contributed by atoms with E-state index in [1.807, 2.05) is 0 Å². The molecule has 0 aliphatic rings. The first-order valence-electron chi connectivity index (χ1n) is 28.4. The molecule has 0 saturated heterocycles. The summed E-state index contributed by atoms with van der Waals surface area (Å²) in [4.78, 5) is 38.1. The minimum Gasteiger partial charge on any atom is -0.462 e. The molecule has 0 unspecified atom stereocenters. The van der Waals surface area contributed by atoms with Crippen LogP contribution in [0.25, 0.3) is 0 Å². The van der Waals surface area contributed by atoms with Crippen LogP contribution in [0.15, 0.2) is 109 Å². The molecular formula is C63H104O6. The molecule has 1 atom stereocenters. The van der Waals surface area contributed by atoms with Gasteiger partial charge in [-0.3, -0.25) is 14.4 Å². The van der Waals surface area contributed by atoms with Crippen molar-refractivity contribution in [3.05, 3.63) is 109 Å². The largest absolute Gasteiger partial charge is 0.462 e. The van der Waals surface area contributed by atoms with E-state index in [0.29, 0.717) is 19.3 Å². The van der Waals surface area contributed by atoms with Crippen LogP contribution >= 0.6 is 0 Å². The van der Waals surface area contributed by atoms with E-state index in [-0.39, 0.29) is 37.5 Å². The van der Waals surface area contributed by atoms with Crippen molar-refractivity contribution < 1.29 is 28.6 Å². The van der Waals surface area contributed by atoms with E-state index in [1.165, 1.54) is 89.9 Å². The van der Waals surface area contributed by atoms with Crippen molar-refractivity contribution in [3.8, 4) is 0 Å². The Bertz CT molecular complexity index is 1420. The molecule has 0 bridgehead atoms. The van der Waals surface area contributed by atoms with Gasteiger partial charge >= 0.3 is 17.9 Å². The van der Waals surface area contributed by atoms with Crippen LogP contribution in [0.2, 0.25) is 0 Å². The molecule has 0 radical (unpaired) electrons. The van der Waals surface area contributed by atoms with Crippen molar-refractivity contribution in [2.24, 2.45) is 0 Å². The van der Waals surface area contributed by atoms with Gasteiger partial charge in [-0.05, 0) is 96.3 Å². The predicted molar refractivity (Wildman–Crippen MR) is 297 cm³/mol. The molecule has 0 heterocycles. The van der Waals surface area contributed by atoms with Crippen molar-refractivity contribution >= 4 is 17.9 Å². The molecule has 392 valence electrons. The fraction of sp³-hybridized carbons (Fsp3) is 0.667. The molecule has 0 aliphatic carbocycles. The van der Waals surface area contributed by atoms with Crippen molar-refractivity contribution in [1.29, 1.82) is 0 Å². The van der Waals surface area contributed by atoms with Gasteiger partial charge in [0, 0.05) is 19.3 Å².